The van der Waals surface area contributed by atoms with Gasteiger partial charge in [0.1, 0.15) is 17.4 Å². The molecule has 36 heavy (non-hydrogen) atoms. The van der Waals surface area contributed by atoms with Crippen molar-refractivity contribution >= 4 is 17.7 Å². The van der Waals surface area contributed by atoms with Crippen molar-refractivity contribution in [2.75, 3.05) is 19.2 Å². The lowest BCUT2D eigenvalue weighted by Gasteiger charge is -2.16. The van der Waals surface area contributed by atoms with Gasteiger partial charge >= 0.3 is 5.97 Å². The molecule has 1 amide bonds. The van der Waals surface area contributed by atoms with E-state index < -0.39 is 11.9 Å². The quantitative estimate of drug-likeness (QED) is 0.332. The van der Waals surface area contributed by atoms with E-state index in [0.29, 0.717) is 33.7 Å². The first kappa shape index (κ1) is 24.1. The maximum atomic E-state index is 13.0. The maximum Gasteiger partial charge on any atom is 0.335 e. The van der Waals surface area contributed by atoms with Gasteiger partial charge in [0.05, 0.1) is 11.3 Å². The average molecular weight is 479 g/mol. The van der Waals surface area contributed by atoms with Crippen LogP contribution in [0.1, 0.15) is 26.3 Å². The maximum absolute atomic E-state index is 13.0. The van der Waals surface area contributed by atoms with Gasteiger partial charge in [-0.3, -0.25) is 4.79 Å². The SMILES string of the molecule is COCOc1ccccc1-c1cc(-c2cccc(C(=O)O)c2)c(C#N)c(NC(=O)c2ccccc2)n1. The molecule has 0 atom stereocenters. The van der Waals surface area contributed by atoms with Crippen molar-refractivity contribution in [1.29, 1.82) is 5.26 Å². The highest BCUT2D eigenvalue weighted by atomic mass is 16.7. The Kier molecular flexibility index (Phi) is 7.34. The van der Waals surface area contributed by atoms with Gasteiger partial charge < -0.3 is 19.9 Å². The molecule has 4 aromatic rings. The third-order valence-corrected chi connectivity index (χ3v) is 5.31. The molecule has 8 heteroatoms. The van der Waals surface area contributed by atoms with Gasteiger partial charge in [-0.25, -0.2) is 9.78 Å². The van der Waals surface area contributed by atoms with Crippen molar-refractivity contribution in [1.82, 2.24) is 4.98 Å². The van der Waals surface area contributed by atoms with E-state index in [-0.39, 0.29) is 23.7 Å². The number of para-hydroxylation sites is 1. The Balaban J connectivity index is 1.92. The second-order valence-electron chi connectivity index (χ2n) is 7.64. The highest BCUT2D eigenvalue weighted by Gasteiger charge is 2.20. The van der Waals surface area contributed by atoms with E-state index in [2.05, 4.69) is 16.4 Å². The number of rotatable bonds is 8. The summed E-state index contributed by atoms with van der Waals surface area (Å²) >= 11 is 0. The summed E-state index contributed by atoms with van der Waals surface area (Å²) in [5.74, 6) is -1.00. The summed E-state index contributed by atoms with van der Waals surface area (Å²) in [6, 6.07) is 25.7. The van der Waals surface area contributed by atoms with Crippen LogP contribution in [0, 0.1) is 11.3 Å². The number of hydrogen-bond donors (Lipinski definition) is 2. The number of nitriles is 1. The Hall–Kier alpha value is -5.00. The van der Waals surface area contributed by atoms with Gasteiger partial charge in [0, 0.05) is 23.8 Å². The number of carbonyl (C=O) groups is 2. The van der Waals surface area contributed by atoms with Gasteiger partial charge in [-0.2, -0.15) is 5.26 Å². The van der Waals surface area contributed by atoms with E-state index in [4.69, 9.17) is 9.47 Å². The summed E-state index contributed by atoms with van der Waals surface area (Å²) in [6.45, 7) is 0.0123. The summed E-state index contributed by atoms with van der Waals surface area (Å²) in [7, 11) is 1.51. The molecule has 1 heterocycles. The third-order valence-electron chi connectivity index (χ3n) is 5.31. The number of nitrogens with zero attached hydrogens (tertiary/aromatic N) is 2. The predicted molar refractivity (Wildman–Crippen MR) is 134 cm³/mol. The van der Waals surface area contributed by atoms with Crippen LogP contribution in [0.4, 0.5) is 5.82 Å². The summed E-state index contributed by atoms with van der Waals surface area (Å²) < 4.78 is 10.7. The first-order valence-electron chi connectivity index (χ1n) is 10.9. The molecule has 0 aliphatic carbocycles. The number of aromatic carboxylic acids is 1. The van der Waals surface area contributed by atoms with Crippen molar-refractivity contribution in [3.8, 4) is 34.2 Å². The van der Waals surface area contributed by atoms with Crippen LogP contribution in [0.2, 0.25) is 0 Å². The van der Waals surface area contributed by atoms with Crippen LogP contribution in [0.3, 0.4) is 0 Å². The number of methoxy groups -OCH3 is 1. The smallest absolute Gasteiger partial charge is 0.335 e. The van der Waals surface area contributed by atoms with Crippen molar-refractivity contribution in [3.05, 3.63) is 102 Å². The third kappa shape index (κ3) is 5.22. The molecule has 0 unspecified atom stereocenters. The zero-order chi connectivity index (χ0) is 25.5. The Morgan fingerprint density at radius 1 is 0.944 bits per heavy atom. The number of ether oxygens (including phenoxy) is 2. The Labute approximate surface area is 207 Å². The molecule has 178 valence electrons. The number of carboxylic acid groups (broad SMARTS) is 1. The molecule has 2 N–H and O–H groups in total. The molecule has 0 aliphatic rings. The molecule has 0 fully saturated rings. The molecule has 0 radical (unpaired) electrons. The number of benzene rings is 3. The van der Waals surface area contributed by atoms with Crippen molar-refractivity contribution in [3.63, 3.8) is 0 Å². The summed E-state index contributed by atoms with van der Waals surface area (Å²) in [5, 5.41) is 22.3. The van der Waals surface area contributed by atoms with Crippen molar-refractivity contribution < 1.29 is 24.2 Å². The van der Waals surface area contributed by atoms with Crippen LogP contribution in [0.25, 0.3) is 22.4 Å². The Bertz CT molecular complexity index is 1460. The number of aromatic nitrogens is 1. The van der Waals surface area contributed by atoms with Gasteiger partial charge in [0.25, 0.3) is 5.91 Å². The largest absolute Gasteiger partial charge is 0.478 e. The van der Waals surface area contributed by atoms with Crippen LogP contribution >= 0.6 is 0 Å². The second-order valence-corrected chi connectivity index (χ2v) is 7.64. The molecule has 4 rings (SSSR count). The van der Waals surface area contributed by atoms with Gasteiger partial charge in [-0.05, 0) is 48.0 Å². The van der Waals surface area contributed by atoms with Crippen molar-refractivity contribution in [2.45, 2.75) is 0 Å². The first-order valence-corrected chi connectivity index (χ1v) is 10.9. The number of hydrogen-bond acceptors (Lipinski definition) is 6. The van der Waals surface area contributed by atoms with Crippen LogP contribution in [-0.2, 0) is 4.74 Å². The highest BCUT2D eigenvalue weighted by Crippen LogP contribution is 2.36. The number of amides is 1. The number of carbonyl (C=O) groups excluding carboxylic acids is 1. The predicted octanol–water partition coefficient (Wildman–Crippen LogP) is 5.22. The Morgan fingerprint density at radius 2 is 1.67 bits per heavy atom. The molecular formula is C28H21N3O5. The zero-order valence-corrected chi connectivity index (χ0v) is 19.3. The molecule has 1 aromatic heterocycles. The Morgan fingerprint density at radius 3 is 2.39 bits per heavy atom. The van der Waals surface area contributed by atoms with E-state index in [9.17, 15) is 20.0 Å². The van der Waals surface area contributed by atoms with E-state index in [1.54, 1.807) is 66.7 Å². The minimum Gasteiger partial charge on any atom is -0.478 e. The van der Waals surface area contributed by atoms with Crippen LogP contribution in [0.15, 0.2) is 84.9 Å². The fraction of sp³-hybridized carbons (Fsp3) is 0.0714. The highest BCUT2D eigenvalue weighted by molar-refractivity contribution is 6.05. The lowest BCUT2D eigenvalue weighted by Crippen LogP contribution is -2.15. The van der Waals surface area contributed by atoms with E-state index >= 15 is 0 Å². The fourth-order valence-corrected chi connectivity index (χ4v) is 3.63. The van der Waals surface area contributed by atoms with Crippen LogP contribution in [-0.4, -0.2) is 35.9 Å². The van der Waals surface area contributed by atoms with Gasteiger partial charge in [-0.1, -0.05) is 42.5 Å². The zero-order valence-electron chi connectivity index (χ0n) is 19.3. The van der Waals surface area contributed by atoms with Crippen LogP contribution in [0.5, 0.6) is 5.75 Å². The average Bonchev–Trinajstić information content (AvgIpc) is 2.92. The lowest BCUT2D eigenvalue weighted by atomic mass is 9.96. The minimum absolute atomic E-state index is 0.0123. The number of carboxylic acids is 1. The standard InChI is InChI=1S/C28H21N3O5/c1-35-17-36-25-13-6-5-12-21(25)24-15-22(19-10-7-11-20(14-19)28(33)34)23(16-29)26(30-24)31-27(32)18-8-3-2-4-9-18/h2-15H,17H2,1H3,(H,33,34)(H,30,31,32). The summed E-state index contributed by atoms with van der Waals surface area (Å²) in [6.07, 6.45) is 0. The van der Waals surface area contributed by atoms with Crippen LogP contribution < -0.4 is 10.1 Å². The van der Waals surface area contributed by atoms with E-state index in [1.165, 1.54) is 19.2 Å². The van der Waals surface area contributed by atoms with Gasteiger partial charge in [0.15, 0.2) is 12.6 Å². The normalized spacial score (nSPS) is 10.3. The number of nitrogens with one attached hydrogen (secondary N) is 1. The molecule has 8 nitrogen and oxygen atoms in total. The number of pyridine rings is 1. The minimum atomic E-state index is -1.10. The summed E-state index contributed by atoms with van der Waals surface area (Å²) in [5.41, 5.74) is 2.47. The van der Waals surface area contributed by atoms with Gasteiger partial charge in [0.2, 0.25) is 0 Å². The first-order chi connectivity index (χ1) is 17.5. The fourth-order valence-electron chi connectivity index (χ4n) is 3.63. The molecule has 3 aromatic carbocycles. The molecule has 0 spiro atoms. The second kappa shape index (κ2) is 11.0. The molecule has 0 bridgehead atoms. The molecule has 0 saturated heterocycles. The molecule has 0 saturated carbocycles. The van der Waals surface area contributed by atoms with Gasteiger partial charge in [-0.15, -0.1) is 0 Å². The number of anilines is 1. The molecular weight excluding hydrogens is 458 g/mol. The van der Waals surface area contributed by atoms with E-state index in [1.807, 2.05) is 6.07 Å². The summed E-state index contributed by atoms with van der Waals surface area (Å²) in [4.78, 5) is 29.1. The topological polar surface area (TPSA) is 122 Å². The van der Waals surface area contributed by atoms with Crippen molar-refractivity contribution in [2.24, 2.45) is 0 Å². The lowest BCUT2D eigenvalue weighted by molar-refractivity contribution is 0.0515. The molecule has 0 aliphatic heterocycles. The monoisotopic (exact) mass is 479 g/mol. The van der Waals surface area contributed by atoms with E-state index in [0.717, 1.165) is 0 Å².